The zero-order valence-electron chi connectivity index (χ0n) is 15.3. The molecule has 1 aliphatic rings. The minimum Gasteiger partial charge on any atom is -0.353 e. The van der Waals surface area contributed by atoms with Gasteiger partial charge < -0.3 is 4.90 Å². The fourth-order valence-electron chi connectivity index (χ4n) is 3.78. The zero-order chi connectivity index (χ0) is 18.2. The molecule has 1 aromatic carbocycles. The van der Waals surface area contributed by atoms with E-state index in [-0.39, 0.29) is 0 Å². The van der Waals surface area contributed by atoms with Crippen molar-refractivity contribution < 1.29 is 0 Å². The van der Waals surface area contributed by atoms with Crippen molar-refractivity contribution >= 4 is 38.3 Å². The topological polar surface area (TPSA) is 45.2 Å². The number of benzene rings is 1. The van der Waals surface area contributed by atoms with Crippen LogP contribution in [-0.4, -0.2) is 46.0 Å². The molecule has 1 saturated heterocycles. The van der Waals surface area contributed by atoms with Gasteiger partial charge in [-0.3, -0.25) is 9.88 Å². The van der Waals surface area contributed by atoms with Gasteiger partial charge in [-0.15, -0.1) is 11.3 Å². The molecule has 0 N–H and O–H groups in total. The first-order valence-electron chi connectivity index (χ1n) is 9.28. The molecule has 6 heteroatoms. The Balaban J connectivity index is 1.29. The lowest BCUT2D eigenvalue weighted by Gasteiger charge is -2.35. The minimum absolute atomic E-state index is 0.982. The van der Waals surface area contributed by atoms with E-state index in [9.17, 15) is 0 Å². The molecular weight excluding hydrogens is 354 g/mol. The average Bonchev–Trinajstić information content (AvgIpc) is 3.10. The molecule has 0 spiro atoms. The van der Waals surface area contributed by atoms with Crippen LogP contribution < -0.4 is 4.90 Å². The molecule has 0 atom stereocenters. The van der Waals surface area contributed by atoms with Gasteiger partial charge in [0.25, 0.3) is 0 Å². The van der Waals surface area contributed by atoms with Crippen molar-refractivity contribution in [3.05, 3.63) is 59.4 Å². The lowest BCUT2D eigenvalue weighted by Crippen LogP contribution is -2.46. The molecule has 0 unspecified atom stereocenters. The first-order valence-corrected chi connectivity index (χ1v) is 10.2. The molecule has 0 saturated carbocycles. The van der Waals surface area contributed by atoms with Crippen molar-refractivity contribution in [1.29, 1.82) is 0 Å². The Bertz CT molecular complexity index is 1100. The van der Waals surface area contributed by atoms with Gasteiger partial charge in [0.2, 0.25) is 0 Å². The summed E-state index contributed by atoms with van der Waals surface area (Å²) in [4.78, 5) is 18.4. The summed E-state index contributed by atoms with van der Waals surface area (Å²) >= 11 is 1.75. The Hall–Kier alpha value is -2.57. The van der Waals surface area contributed by atoms with E-state index in [1.54, 1.807) is 17.7 Å². The summed E-state index contributed by atoms with van der Waals surface area (Å²) in [6.07, 6.45) is 3.55. The van der Waals surface area contributed by atoms with E-state index in [0.717, 1.165) is 49.6 Å². The fraction of sp³-hybridized carbons (Fsp3) is 0.286. The second-order valence-electron chi connectivity index (χ2n) is 7.09. The summed E-state index contributed by atoms with van der Waals surface area (Å²) in [7, 11) is 0. The highest BCUT2D eigenvalue weighted by Crippen LogP contribution is 2.31. The van der Waals surface area contributed by atoms with Crippen LogP contribution in [0.2, 0.25) is 0 Å². The van der Waals surface area contributed by atoms with Gasteiger partial charge in [-0.25, -0.2) is 9.97 Å². The highest BCUT2D eigenvalue weighted by molar-refractivity contribution is 7.18. The number of rotatable bonds is 3. The maximum absolute atomic E-state index is 4.59. The molecule has 5 nitrogen and oxygen atoms in total. The van der Waals surface area contributed by atoms with Crippen LogP contribution in [0.5, 0.6) is 0 Å². The van der Waals surface area contributed by atoms with E-state index in [2.05, 4.69) is 61.3 Å². The Kier molecular flexibility index (Phi) is 4.22. The van der Waals surface area contributed by atoms with Crippen LogP contribution in [0.4, 0.5) is 5.82 Å². The van der Waals surface area contributed by atoms with Gasteiger partial charge in [0.05, 0.1) is 15.7 Å². The number of hydrogen-bond donors (Lipinski definition) is 0. The van der Waals surface area contributed by atoms with Crippen LogP contribution >= 0.6 is 11.3 Å². The van der Waals surface area contributed by atoms with Gasteiger partial charge in [0, 0.05) is 44.3 Å². The molecule has 1 fully saturated rings. The first kappa shape index (κ1) is 16.6. The van der Waals surface area contributed by atoms with Crippen molar-refractivity contribution in [1.82, 2.24) is 19.9 Å². The second-order valence-corrected chi connectivity index (χ2v) is 7.97. The Morgan fingerprint density at radius 2 is 1.93 bits per heavy atom. The molecule has 3 aromatic heterocycles. The van der Waals surface area contributed by atoms with Crippen molar-refractivity contribution in [3.8, 4) is 0 Å². The smallest absolute Gasteiger partial charge is 0.150 e. The van der Waals surface area contributed by atoms with Gasteiger partial charge in [-0.1, -0.05) is 12.1 Å². The second kappa shape index (κ2) is 6.87. The Morgan fingerprint density at radius 3 is 2.81 bits per heavy atom. The average molecular weight is 376 g/mol. The molecule has 27 heavy (non-hydrogen) atoms. The minimum atomic E-state index is 0.982. The molecule has 4 aromatic rings. The van der Waals surface area contributed by atoms with E-state index in [1.165, 1.54) is 21.2 Å². The number of aryl methyl sites for hydroxylation is 1. The van der Waals surface area contributed by atoms with E-state index in [0.29, 0.717) is 0 Å². The number of hydrogen-bond acceptors (Lipinski definition) is 6. The standard InChI is InChI=1S/C21H21N5S/c1-15-13-27-20-19(15)23-14-24-21(20)26-9-7-25(8-10-26)12-16-4-5-18-17(11-16)3-2-6-22-18/h2-6,11,13-14H,7-10,12H2,1H3. The molecule has 136 valence electrons. The van der Waals surface area contributed by atoms with Crippen LogP contribution in [0.3, 0.4) is 0 Å². The number of nitrogens with zero attached hydrogens (tertiary/aromatic N) is 5. The predicted molar refractivity (Wildman–Crippen MR) is 111 cm³/mol. The SMILES string of the molecule is Cc1csc2c(N3CCN(Cc4ccc5ncccc5c4)CC3)ncnc12. The van der Waals surface area contributed by atoms with Crippen LogP contribution in [0, 0.1) is 6.92 Å². The largest absolute Gasteiger partial charge is 0.353 e. The van der Waals surface area contributed by atoms with Crippen molar-refractivity contribution in [2.45, 2.75) is 13.5 Å². The zero-order valence-corrected chi connectivity index (χ0v) is 16.1. The molecule has 5 rings (SSSR count). The Morgan fingerprint density at radius 1 is 1.04 bits per heavy atom. The van der Waals surface area contributed by atoms with E-state index in [4.69, 9.17) is 0 Å². The van der Waals surface area contributed by atoms with Crippen LogP contribution in [0.1, 0.15) is 11.1 Å². The van der Waals surface area contributed by atoms with Crippen LogP contribution in [0.15, 0.2) is 48.2 Å². The normalized spacial score (nSPS) is 15.7. The molecule has 0 radical (unpaired) electrons. The van der Waals surface area contributed by atoms with Gasteiger partial charge in [0.15, 0.2) is 0 Å². The summed E-state index contributed by atoms with van der Waals surface area (Å²) < 4.78 is 1.21. The highest BCUT2D eigenvalue weighted by atomic mass is 32.1. The summed E-state index contributed by atoms with van der Waals surface area (Å²) in [5.74, 6) is 1.09. The van der Waals surface area contributed by atoms with Gasteiger partial charge in [-0.05, 0) is 41.6 Å². The summed E-state index contributed by atoms with van der Waals surface area (Å²) in [5, 5.41) is 3.39. The number of pyridine rings is 1. The third-order valence-electron chi connectivity index (χ3n) is 5.26. The molecular formula is C21H21N5S. The quantitative estimate of drug-likeness (QED) is 0.544. The monoisotopic (exact) mass is 375 g/mol. The van der Waals surface area contributed by atoms with Crippen LogP contribution in [0.25, 0.3) is 21.1 Å². The molecule has 0 amide bonds. The lowest BCUT2D eigenvalue weighted by atomic mass is 10.1. The van der Waals surface area contributed by atoms with Crippen molar-refractivity contribution in [3.63, 3.8) is 0 Å². The summed E-state index contributed by atoms with van der Waals surface area (Å²) in [5.41, 5.74) is 4.74. The van der Waals surface area contributed by atoms with Crippen molar-refractivity contribution in [2.75, 3.05) is 31.1 Å². The first-order chi connectivity index (χ1) is 13.3. The highest BCUT2D eigenvalue weighted by Gasteiger charge is 2.21. The van der Waals surface area contributed by atoms with Crippen LogP contribution in [-0.2, 0) is 6.54 Å². The third kappa shape index (κ3) is 3.15. The molecule has 0 bridgehead atoms. The third-order valence-corrected chi connectivity index (χ3v) is 6.34. The van der Waals surface area contributed by atoms with Gasteiger partial charge >= 0.3 is 0 Å². The number of fused-ring (bicyclic) bond motifs is 2. The predicted octanol–water partition coefficient (Wildman–Crippen LogP) is 3.87. The number of aromatic nitrogens is 3. The number of thiophene rings is 1. The maximum Gasteiger partial charge on any atom is 0.150 e. The van der Waals surface area contributed by atoms with Crippen molar-refractivity contribution in [2.24, 2.45) is 0 Å². The van der Waals surface area contributed by atoms with Gasteiger partial charge in [-0.2, -0.15) is 0 Å². The molecule has 1 aliphatic heterocycles. The van der Waals surface area contributed by atoms with E-state index < -0.39 is 0 Å². The number of anilines is 1. The van der Waals surface area contributed by atoms with E-state index >= 15 is 0 Å². The molecule has 0 aliphatic carbocycles. The summed E-state index contributed by atoms with van der Waals surface area (Å²) in [6, 6.07) is 10.7. The number of piperazine rings is 1. The Labute approximate surface area is 162 Å². The summed E-state index contributed by atoms with van der Waals surface area (Å²) in [6.45, 7) is 7.18. The lowest BCUT2D eigenvalue weighted by molar-refractivity contribution is 0.249. The maximum atomic E-state index is 4.59. The van der Waals surface area contributed by atoms with E-state index in [1.807, 2.05) is 12.3 Å². The molecule has 4 heterocycles. The fourth-order valence-corrected chi connectivity index (χ4v) is 4.80. The van der Waals surface area contributed by atoms with Gasteiger partial charge in [0.1, 0.15) is 12.1 Å².